The summed E-state index contributed by atoms with van der Waals surface area (Å²) in [7, 11) is 0. The van der Waals surface area contributed by atoms with E-state index in [0.29, 0.717) is 0 Å². The molecule has 50 heavy (non-hydrogen) atoms. The minimum absolute atomic E-state index is 0.753. The van der Waals surface area contributed by atoms with Crippen LogP contribution in [0.2, 0.25) is 0 Å². The number of ether oxygens (including phenoxy) is 1. The lowest BCUT2D eigenvalue weighted by Crippen LogP contribution is -1.96. The summed E-state index contributed by atoms with van der Waals surface area (Å²) in [5.41, 5.74) is 7.68. The molecule has 5 aromatic heterocycles. The number of rotatable bonds is 4. The molecule has 0 amide bonds. The predicted octanol–water partition coefficient (Wildman–Crippen LogP) is 11.0. The molecule has 0 spiro atoms. The van der Waals surface area contributed by atoms with E-state index in [9.17, 15) is 0 Å². The van der Waals surface area contributed by atoms with Crippen LogP contribution >= 0.6 is 0 Å². The molecule has 0 unspecified atom stereocenters. The summed E-state index contributed by atoms with van der Waals surface area (Å²) in [6.45, 7) is 0. The van der Waals surface area contributed by atoms with Gasteiger partial charge in [0.05, 0.1) is 27.6 Å². The SMILES string of the molecule is c1ccc(-n2c3ccccc3c3c2ccc2c4ccc(Oc5ccc6c7ccccc7n(-c7ccccn7)c6c5)cc4c4nccn4c23)cc1. The van der Waals surface area contributed by atoms with E-state index in [1.54, 1.807) is 0 Å². The van der Waals surface area contributed by atoms with Crippen molar-refractivity contribution in [2.75, 3.05) is 0 Å². The number of para-hydroxylation sites is 3. The first-order chi connectivity index (χ1) is 24.8. The Bertz CT molecular complexity index is 3120. The number of imidazole rings is 1. The van der Waals surface area contributed by atoms with Gasteiger partial charge in [0.25, 0.3) is 0 Å². The third kappa shape index (κ3) is 3.78. The van der Waals surface area contributed by atoms with Crippen molar-refractivity contribution >= 4 is 70.9 Å². The quantitative estimate of drug-likeness (QED) is 0.180. The van der Waals surface area contributed by atoms with E-state index in [-0.39, 0.29) is 0 Å². The number of pyridine rings is 2. The Morgan fingerprint density at radius 1 is 0.440 bits per heavy atom. The van der Waals surface area contributed by atoms with Gasteiger partial charge in [-0.1, -0.05) is 66.7 Å². The zero-order valence-corrected chi connectivity index (χ0v) is 26.7. The first-order valence-corrected chi connectivity index (χ1v) is 16.7. The molecular weight excluding hydrogens is 615 g/mol. The minimum Gasteiger partial charge on any atom is -0.457 e. The van der Waals surface area contributed by atoms with Crippen molar-refractivity contribution in [3.8, 4) is 23.0 Å². The fraction of sp³-hybridized carbons (Fsp3) is 0. The van der Waals surface area contributed by atoms with Crippen LogP contribution in [0, 0.1) is 0 Å². The first-order valence-electron chi connectivity index (χ1n) is 16.7. The molecule has 6 heteroatoms. The molecule has 5 heterocycles. The molecule has 0 aliphatic heterocycles. The molecule has 234 valence electrons. The monoisotopic (exact) mass is 641 g/mol. The van der Waals surface area contributed by atoms with Gasteiger partial charge in [-0.2, -0.15) is 0 Å². The van der Waals surface area contributed by atoms with Gasteiger partial charge in [-0.15, -0.1) is 0 Å². The highest BCUT2D eigenvalue weighted by molar-refractivity contribution is 6.26. The van der Waals surface area contributed by atoms with E-state index in [1.165, 1.54) is 27.1 Å². The zero-order chi connectivity index (χ0) is 32.8. The van der Waals surface area contributed by atoms with E-state index in [4.69, 9.17) is 9.72 Å². The van der Waals surface area contributed by atoms with E-state index in [1.807, 2.05) is 36.7 Å². The largest absolute Gasteiger partial charge is 0.457 e. The molecule has 0 saturated carbocycles. The zero-order valence-electron chi connectivity index (χ0n) is 26.7. The summed E-state index contributed by atoms with van der Waals surface area (Å²) in [5, 5.41) is 8.10. The minimum atomic E-state index is 0.753. The highest BCUT2D eigenvalue weighted by Gasteiger charge is 2.20. The maximum Gasteiger partial charge on any atom is 0.145 e. The summed E-state index contributed by atoms with van der Waals surface area (Å²) in [4.78, 5) is 9.58. The summed E-state index contributed by atoms with van der Waals surface area (Å²) >= 11 is 0. The second-order valence-electron chi connectivity index (χ2n) is 12.7. The van der Waals surface area contributed by atoms with Crippen LogP contribution in [-0.4, -0.2) is 23.5 Å². The third-order valence-electron chi connectivity index (χ3n) is 9.99. The predicted molar refractivity (Wildman–Crippen MR) is 203 cm³/mol. The Labute approximate surface area is 285 Å². The first kappa shape index (κ1) is 27.1. The van der Waals surface area contributed by atoms with Crippen LogP contribution in [0.15, 0.2) is 164 Å². The molecule has 0 radical (unpaired) electrons. The van der Waals surface area contributed by atoms with Crippen molar-refractivity contribution in [1.82, 2.24) is 23.5 Å². The molecule has 0 N–H and O–H groups in total. The lowest BCUT2D eigenvalue weighted by atomic mass is 10.0. The number of hydrogen-bond donors (Lipinski definition) is 0. The molecule has 0 bridgehead atoms. The second-order valence-corrected chi connectivity index (χ2v) is 12.7. The molecule has 6 nitrogen and oxygen atoms in total. The van der Waals surface area contributed by atoms with E-state index < -0.39 is 0 Å². The Kier molecular flexibility index (Phi) is 5.57. The maximum absolute atomic E-state index is 6.63. The molecule has 11 rings (SSSR count). The molecule has 0 fully saturated rings. The number of aromatic nitrogens is 5. The van der Waals surface area contributed by atoms with Crippen LogP contribution < -0.4 is 4.74 Å². The van der Waals surface area contributed by atoms with Crippen LogP contribution in [0.4, 0.5) is 0 Å². The molecule has 0 atom stereocenters. The van der Waals surface area contributed by atoms with Crippen LogP contribution in [-0.2, 0) is 0 Å². The van der Waals surface area contributed by atoms with Gasteiger partial charge in [0.2, 0.25) is 0 Å². The smallest absolute Gasteiger partial charge is 0.145 e. The number of hydrogen-bond acceptors (Lipinski definition) is 3. The van der Waals surface area contributed by atoms with Gasteiger partial charge in [-0.3, -0.25) is 8.97 Å². The average Bonchev–Trinajstić information content (AvgIpc) is 3.88. The van der Waals surface area contributed by atoms with Gasteiger partial charge in [-0.05, 0) is 78.2 Å². The summed E-state index contributed by atoms with van der Waals surface area (Å²) in [6, 6.07) is 50.9. The summed E-state index contributed by atoms with van der Waals surface area (Å²) < 4.78 is 13.4. The van der Waals surface area contributed by atoms with Crippen LogP contribution in [0.25, 0.3) is 82.4 Å². The van der Waals surface area contributed by atoms with Gasteiger partial charge in [0.15, 0.2) is 0 Å². The van der Waals surface area contributed by atoms with Crippen molar-refractivity contribution in [3.63, 3.8) is 0 Å². The standard InChI is InChI=1S/C44H27N5O/c1-2-10-28(11-3-1)48-38-15-7-5-13-35(38)42-39(48)22-21-34-31-19-17-29(26-36(31)44-46-24-25-47(44)43(34)42)50-30-18-20-33-32-12-4-6-14-37(32)49(40(33)27-30)41-16-8-9-23-45-41/h1-27H. The van der Waals surface area contributed by atoms with E-state index >= 15 is 0 Å². The van der Waals surface area contributed by atoms with Gasteiger partial charge < -0.3 is 9.30 Å². The van der Waals surface area contributed by atoms with Crippen molar-refractivity contribution in [1.29, 1.82) is 0 Å². The number of benzene rings is 6. The topological polar surface area (TPSA) is 49.3 Å². The molecular formula is C44H27N5O. The fourth-order valence-corrected chi connectivity index (χ4v) is 7.94. The van der Waals surface area contributed by atoms with Gasteiger partial charge in [0, 0.05) is 62.7 Å². The highest BCUT2D eigenvalue weighted by Crippen LogP contribution is 2.41. The lowest BCUT2D eigenvalue weighted by molar-refractivity contribution is 0.484. The maximum atomic E-state index is 6.63. The van der Waals surface area contributed by atoms with Crippen molar-refractivity contribution in [2.45, 2.75) is 0 Å². The normalized spacial score (nSPS) is 12.0. The third-order valence-corrected chi connectivity index (χ3v) is 9.99. The van der Waals surface area contributed by atoms with Crippen molar-refractivity contribution < 1.29 is 4.74 Å². The fourth-order valence-electron chi connectivity index (χ4n) is 7.94. The van der Waals surface area contributed by atoms with Gasteiger partial charge in [-0.25, -0.2) is 9.97 Å². The molecule has 11 aromatic rings. The summed E-state index contributed by atoms with van der Waals surface area (Å²) in [5.74, 6) is 2.38. The molecule has 0 aliphatic carbocycles. The lowest BCUT2D eigenvalue weighted by Gasteiger charge is -2.13. The van der Waals surface area contributed by atoms with Gasteiger partial charge in [0.1, 0.15) is 23.0 Å². The molecule has 0 aliphatic rings. The Hall–Kier alpha value is -6.92. The highest BCUT2D eigenvalue weighted by atomic mass is 16.5. The van der Waals surface area contributed by atoms with E-state index in [0.717, 1.165) is 66.9 Å². The van der Waals surface area contributed by atoms with Crippen LogP contribution in [0.1, 0.15) is 0 Å². The van der Waals surface area contributed by atoms with Crippen molar-refractivity contribution in [2.24, 2.45) is 0 Å². The molecule has 0 saturated heterocycles. The Morgan fingerprint density at radius 3 is 1.98 bits per heavy atom. The Morgan fingerprint density at radius 2 is 1.14 bits per heavy atom. The number of fused-ring (bicyclic) bond motifs is 13. The second kappa shape index (κ2) is 10.3. The van der Waals surface area contributed by atoms with Crippen LogP contribution in [0.5, 0.6) is 11.5 Å². The van der Waals surface area contributed by atoms with Crippen LogP contribution in [0.3, 0.4) is 0 Å². The summed E-state index contributed by atoms with van der Waals surface area (Å²) in [6.07, 6.45) is 5.79. The van der Waals surface area contributed by atoms with E-state index in [2.05, 4.69) is 146 Å². The van der Waals surface area contributed by atoms with Crippen molar-refractivity contribution in [3.05, 3.63) is 164 Å². The van der Waals surface area contributed by atoms with Gasteiger partial charge >= 0.3 is 0 Å². The average molecular weight is 642 g/mol. The number of nitrogens with zero attached hydrogens (tertiary/aromatic N) is 5. The molecule has 6 aromatic carbocycles. The Balaban J connectivity index is 1.10.